The van der Waals surface area contributed by atoms with Gasteiger partial charge in [0.05, 0.1) is 13.2 Å². The second kappa shape index (κ2) is 15.9. The highest BCUT2D eigenvalue weighted by molar-refractivity contribution is 7.86. The molecule has 0 aliphatic carbocycles. The van der Waals surface area contributed by atoms with Gasteiger partial charge in [-0.05, 0) is 37.7 Å². The predicted molar refractivity (Wildman–Crippen MR) is 147 cm³/mol. The summed E-state index contributed by atoms with van der Waals surface area (Å²) in [6.45, 7) is 5.04. The SMILES string of the molecule is COC(=O)C(C)NC(=O)OC([C@H](C[C@@H]1CCNC1=O)NC(=O)[C@H](CC(C)C)NC(=O)OCc1ccccc1)S(=O)(=O)O. The van der Waals surface area contributed by atoms with Crippen molar-refractivity contribution in [3.05, 3.63) is 35.9 Å². The van der Waals surface area contributed by atoms with Gasteiger partial charge >= 0.3 is 28.3 Å². The minimum Gasteiger partial charge on any atom is -0.467 e. The van der Waals surface area contributed by atoms with E-state index in [1.165, 1.54) is 6.92 Å². The van der Waals surface area contributed by atoms with Crippen LogP contribution in [0.2, 0.25) is 0 Å². The van der Waals surface area contributed by atoms with Crippen molar-refractivity contribution in [1.82, 2.24) is 21.3 Å². The van der Waals surface area contributed by atoms with E-state index in [9.17, 15) is 36.9 Å². The molecular formula is C26H38N4O11S. The second-order valence-electron chi connectivity index (χ2n) is 10.2. The molecule has 1 aromatic rings. The van der Waals surface area contributed by atoms with E-state index in [-0.39, 0.29) is 31.8 Å². The third kappa shape index (κ3) is 11.2. The Labute approximate surface area is 244 Å². The van der Waals surface area contributed by atoms with Crippen LogP contribution >= 0.6 is 0 Å². The zero-order valence-electron chi connectivity index (χ0n) is 23.8. The first-order valence-electron chi connectivity index (χ1n) is 13.3. The largest absolute Gasteiger partial charge is 0.467 e. The maximum absolute atomic E-state index is 13.4. The third-order valence-corrected chi connectivity index (χ3v) is 7.30. The van der Waals surface area contributed by atoms with Crippen LogP contribution in [0.5, 0.6) is 0 Å². The highest BCUT2D eigenvalue weighted by Gasteiger charge is 2.42. The molecule has 1 aromatic carbocycles. The molecule has 234 valence electrons. The number of nitrogens with one attached hydrogen (secondary N) is 4. The number of carbonyl (C=O) groups is 5. The number of amides is 4. The van der Waals surface area contributed by atoms with Crippen LogP contribution in [0.25, 0.3) is 0 Å². The topological polar surface area (TPSA) is 216 Å². The minimum atomic E-state index is -5.19. The van der Waals surface area contributed by atoms with Crippen molar-refractivity contribution in [3.63, 3.8) is 0 Å². The van der Waals surface area contributed by atoms with Crippen molar-refractivity contribution in [3.8, 4) is 0 Å². The standard InChI is InChI=1S/C26H38N4O11S/c1-15(2)12-19(30-25(34)40-14-17-8-6-5-7-9-17)22(32)29-20(13-18-10-11-27-21(18)31)24(42(36,37)38)41-26(35)28-16(3)23(33)39-4/h5-9,15-16,18-20,24H,10-14H2,1-4H3,(H,27,31)(H,28,35)(H,29,32)(H,30,34)(H,36,37,38)/t16?,18-,19-,20-,24?/m0/s1. The van der Waals surface area contributed by atoms with Crippen molar-refractivity contribution in [1.29, 1.82) is 0 Å². The summed E-state index contributed by atoms with van der Waals surface area (Å²) in [5.41, 5.74) is -1.66. The van der Waals surface area contributed by atoms with Crippen LogP contribution in [0.1, 0.15) is 45.6 Å². The monoisotopic (exact) mass is 614 g/mol. The molecule has 16 heteroatoms. The Morgan fingerprint density at radius 2 is 1.71 bits per heavy atom. The smallest absolute Gasteiger partial charge is 0.409 e. The Morgan fingerprint density at radius 1 is 1.05 bits per heavy atom. The Kier molecular flexibility index (Phi) is 13.0. The molecule has 0 bridgehead atoms. The van der Waals surface area contributed by atoms with Crippen LogP contribution in [-0.4, -0.2) is 80.2 Å². The fourth-order valence-electron chi connectivity index (χ4n) is 4.21. The number of esters is 1. The highest BCUT2D eigenvalue weighted by atomic mass is 32.2. The lowest BCUT2D eigenvalue weighted by atomic mass is 9.97. The number of methoxy groups -OCH3 is 1. The van der Waals surface area contributed by atoms with Crippen molar-refractivity contribution >= 4 is 40.1 Å². The molecule has 0 aromatic heterocycles. The van der Waals surface area contributed by atoms with Crippen LogP contribution in [-0.2, 0) is 45.3 Å². The molecule has 0 spiro atoms. The van der Waals surface area contributed by atoms with Crippen LogP contribution in [0, 0.1) is 11.8 Å². The maximum atomic E-state index is 13.4. The van der Waals surface area contributed by atoms with Crippen LogP contribution in [0.4, 0.5) is 9.59 Å². The van der Waals surface area contributed by atoms with Crippen molar-refractivity contribution in [2.24, 2.45) is 11.8 Å². The lowest BCUT2D eigenvalue weighted by molar-refractivity contribution is -0.142. The van der Waals surface area contributed by atoms with Gasteiger partial charge in [-0.25, -0.2) is 14.4 Å². The number of hydrogen-bond donors (Lipinski definition) is 5. The van der Waals surface area contributed by atoms with Crippen LogP contribution < -0.4 is 21.3 Å². The van der Waals surface area contributed by atoms with E-state index < -0.39 is 69.6 Å². The molecule has 15 nitrogen and oxygen atoms in total. The number of benzene rings is 1. The van der Waals surface area contributed by atoms with Gasteiger partial charge in [0.1, 0.15) is 18.7 Å². The van der Waals surface area contributed by atoms with Crippen LogP contribution in [0.15, 0.2) is 30.3 Å². The first kappa shape index (κ1) is 34.3. The summed E-state index contributed by atoms with van der Waals surface area (Å²) in [6, 6.07) is 4.73. The quantitative estimate of drug-likeness (QED) is 0.112. The van der Waals surface area contributed by atoms with Gasteiger partial charge in [-0.2, -0.15) is 8.42 Å². The van der Waals surface area contributed by atoms with Gasteiger partial charge in [0.2, 0.25) is 17.3 Å². The summed E-state index contributed by atoms with van der Waals surface area (Å²) in [5.74, 6) is -3.05. The minimum absolute atomic E-state index is 0.0696. The summed E-state index contributed by atoms with van der Waals surface area (Å²) in [6.07, 6.45) is -2.27. The Morgan fingerprint density at radius 3 is 2.26 bits per heavy atom. The molecule has 1 saturated heterocycles. The lowest BCUT2D eigenvalue weighted by Crippen LogP contribution is -2.56. The molecule has 2 rings (SSSR count). The van der Waals surface area contributed by atoms with Crippen molar-refractivity contribution in [2.75, 3.05) is 13.7 Å². The van der Waals surface area contributed by atoms with E-state index in [0.29, 0.717) is 12.1 Å². The molecule has 1 aliphatic rings. The summed E-state index contributed by atoms with van der Waals surface area (Å²) >= 11 is 0. The van der Waals surface area contributed by atoms with E-state index in [4.69, 9.17) is 9.47 Å². The van der Waals surface area contributed by atoms with Gasteiger partial charge in [0.25, 0.3) is 0 Å². The predicted octanol–water partition coefficient (Wildman–Crippen LogP) is 0.840. The number of hydrogen-bond acceptors (Lipinski definition) is 10. The van der Waals surface area contributed by atoms with Crippen molar-refractivity contribution in [2.45, 2.75) is 70.2 Å². The maximum Gasteiger partial charge on any atom is 0.409 e. The summed E-state index contributed by atoms with van der Waals surface area (Å²) < 4.78 is 49.4. The number of rotatable bonds is 14. The zero-order chi connectivity index (χ0) is 31.4. The fourth-order valence-corrected chi connectivity index (χ4v) is 5.01. The lowest BCUT2D eigenvalue weighted by Gasteiger charge is -2.29. The number of ether oxygens (including phenoxy) is 3. The average molecular weight is 615 g/mol. The van der Waals surface area contributed by atoms with Crippen LogP contribution in [0.3, 0.4) is 0 Å². The fraction of sp³-hybridized carbons (Fsp3) is 0.577. The molecule has 0 saturated carbocycles. The second-order valence-corrected chi connectivity index (χ2v) is 11.7. The Hall–Kier alpha value is -3.92. The Balaban J connectivity index is 2.26. The molecule has 42 heavy (non-hydrogen) atoms. The molecule has 2 unspecified atom stereocenters. The van der Waals surface area contributed by atoms with E-state index in [1.54, 1.807) is 44.2 Å². The number of alkyl carbamates (subject to hydrolysis) is 2. The molecule has 1 fully saturated rings. The van der Waals surface area contributed by atoms with Gasteiger partial charge in [-0.3, -0.25) is 14.1 Å². The van der Waals surface area contributed by atoms with Gasteiger partial charge in [0.15, 0.2) is 0 Å². The van der Waals surface area contributed by atoms with Crippen molar-refractivity contribution < 1.29 is 51.2 Å². The normalized spacial score (nSPS) is 17.7. The van der Waals surface area contributed by atoms with Gasteiger partial charge in [0, 0.05) is 12.5 Å². The third-order valence-electron chi connectivity index (χ3n) is 6.29. The van der Waals surface area contributed by atoms with Gasteiger partial charge in [-0.15, -0.1) is 0 Å². The van der Waals surface area contributed by atoms with E-state index in [0.717, 1.165) is 7.11 Å². The zero-order valence-corrected chi connectivity index (χ0v) is 24.6. The van der Waals surface area contributed by atoms with Gasteiger partial charge in [-0.1, -0.05) is 44.2 Å². The summed E-state index contributed by atoms with van der Waals surface area (Å²) in [5, 5.41) is 9.53. The molecule has 0 radical (unpaired) electrons. The van der Waals surface area contributed by atoms with E-state index >= 15 is 0 Å². The summed E-state index contributed by atoms with van der Waals surface area (Å²) in [7, 11) is -4.12. The van der Waals surface area contributed by atoms with E-state index in [2.05, 4.69) is 26.0 Å². The molecule has 1 heterocycles. The highest BCUT2D eigenvalue weighted by Crippen LogP contribution is 2.22. The molecular weight excluding hydrogens is 576 g/mol. The molecule has 1 aliphatic heterocycles. The molecule has 5 N–H and O–H groups in total. The van der Waals surface area contributed by atoms with Gasteiger partial charge < -0.3 is 35.5 Å². The first-order valence-corrected chi connectivity index (χ1v) is 14.8. The first-order chi connectivity index (χ1) is 19.7. The number of carbonyl (C=O) groups excluding carboxylic acids is 5. The van der Waals surface area contributed by atoms with E-state index in [1.807, 2.05) is 0 Å². The average Bonchev–Trinajstić information content (AvgIpc) is 3.32. The summed E-state index contributed by atoms with van der Waals surface area (Å²) in [4.78, 5) is 62.3. The molecule has 5 atom stereocenters. The Bertz CT molecular complexity index is 1210. The molecule has 4 amide bonds.